The van der Waals surface area contributed by atoms with Crippen molar-refractivity contribution in [3.05, 3.63) is 59.4 Å². The predicted molar refractivity (Wildman–Crippen MR) is 101 cm³/mol. The van der Waals surface area contributed by atoms with E-state index in [9.17, 15) is 5.11 Å². The average Bonchev–Trinajstić information content (AvgIpc) is 2.97. The number of ether oxygens (including phenoxy) is 1. The van der Waals surface area contributed by atoms with Gasteiger partial charge >= 0.3 is 0 Å². The average molecular weight is 338 g/mol. The van der Waals surface area contributed by atoms with Gasteiger partial charge in [0.2, 0.25) is 0 Å². The Labute approximate surface area is 149 Å². The molecule has 0 aliphatic heterocycles. The van der Waals surface area contributed by atoms with Crippen molar-refractivity contribution in [2.75, 3.05) is 6.61 Å². The highest BCUT2D eigenvalue weighted by molar-refractivity contribution is 5.75. The summed E-state index contributed by atoms with van der Waals surface area (Å²) in [6.07, 6.45) is 1.22. The topological polar surface area (TPSA) is 47.3 Å². The van der Waals surface area contributed by atoms with Crippen molar-refractivity contribution in [3.63, 3.8) is 0 Å². The highest BCUT2D eigenvalue weighted by Crippen LogP contribution is 2.19. The summed E-state index contributed by atoms with van der Waals surface area (Å²) in [6.45, 7) is 7.02. The Morgan fingerprint density at radius 3 is 2.68 bits per heavy atom. The first kappa shape index (κ1) is 17.5. The second-order valence-corrected chi connectivity index (χ2v) is 6.45. The maximum atomic E-state index is 10.5. The molecule has 1 heterocycles. The molecule has 0 saturated heterocycles. The maximum absolute atomic E-state index is 10.5. The zero-order valence-corrected chi connectivity index (χ0v) is 15.2. The summed E-state index contributed by atoms with van der Waals surface area (Å²) < 4.78 is 7.94. The third-order valence-corrected chi connectivity index (χ3v) is 4.40. The van der Waals surface area contributed by atoms with Gasteiger partial charge in [-0.05, 0) is 48.7 Å². The number of nitrogens with zero attached hydrogens (tertiary/aromatic N) is 2. The summed E-state index contributed by atoms with van der Waals surface area (Å²) in [5.41, 5.74) is 4.46. The molecule has 0 aliphatic rings. The number of hydrogen-bond acceptors (Lipinski definition) is 3. The van der Waals surface area contributed by atoms with Crippen LogP contribution in [0.3, 0.4) is 0 Å². The maximum Gasteiger partial charge on any atom is 0.119 e. The fourth-order valence-corrected chi connectivity index (χ4v) is 3.17. The van der Waals surface area contributed by atoms with Crippen molar-refractivity contribution in [3.8, 4) is 5.75 Å². The van der Waals surface area contributed by atoms with Gasteiger partial charge in [0.1, 0.15) is 24.3 Å². The molecule has 0 amide bonds. The van der Waals surface area contributed by atoms with Gasteiger partial charge in [-0.15, -0.1) is 0 Å². The number of aryl methyl sites for hydroxylation is 3. The van der Waals surface area contributed by atoms with E-state index in [2.05, 4.69) is 36.4 Å². The number of aromatic nitrogens is 2. The third kappa shape index (κ3) is 4.02. The van der Waals surface area contributed by atoms with Crippen LogP contribution in [-0.2, 0) is 19.4 Å². The zero-order valence-electron chi connectivity index (χ0n) is 15.2. The van der Waals surface area contributed by atoms with Gasteiger partial charge in [0, 0.05) is 6.42 Å². The number of para-hydroxylation sites is 2. The Hall–Kier alpha value is -2.33. The number of aliphatic hydroxyl groups excluding tert-OH is 1. The largest absolute Gasteiger partial charge is 0.491 e. The van der Waals surface area contributed by atoms with Gasteiger partial charge in [0.25, 0.3) is 0 Å². The zero-order chi connectivity index (χ0) is 17.8. The molecule has 25 heavy (non-hydrogen) atoms. The Morgan fingerprint density at radius 1 is 1.12 bits per heavy atom. The molecule has 1 atom stereocenters. The van der Waals surface area contributed by atoms with Crippen molar-refractivity contribution < 1.29 is 9.84 Å². The smallest absolute Gasteiger partial charge is 0.119 e. The molecule has 132 valence electrons. The van der Waals surface area contributed by atoms with E-state index in [4.69, 9.17) is 4.74 Å². The van der Waals surface area contributed by atoms with E-state index in [1.165, 1.54) is 11.1 Å². The molecule has 4 heteroatoms. The first-order valence-corrected chi connectivity index (χ1v) is 8.96. The molecule has 0 saturated carbocycles. The molecule has 0 radical (unpaired) electrons. The Kier molecular flexibility index (Phi) is 5.39. The quantitative estimate of drug-likeness (QED) is 0.710. The summed E-state index contributed by atoms with van der Waals surface area (Å²) in [4.78, 5) is 4.65. The summed E-state index contributed by atoms with van der Waals surface area (Å²) in [5, 5.41) is 10.5. The molecule has 4 nitrogen and oxygen atoms in total. The lowest BCUT2D eigenvalue weighted by Gasteiger charge is -2.16. The summed E-state index contributed by atoms with van der Waals surface area (Å²) in [5.74, 6) is 1.81. The van der Waals surface area contributed by atoms with Gasteiger partial charge < -0.3 is 14.4 Å². The fourth-order valence-electron chi connectivity index (χ4n) is 3.17. The lowest BCUT2D eigenvalue weighted by molar-refractivity contribution is 0.0927. The first-order chi connectivity index (χ1) is 12.1. The van der Waals surface area contributed by atoms with Crippen molar-refractivity contribution >= 4 is 11.0 Å². The van der Waals surface area contributed by atoms with E-state index in [0.717, 1.165) is 35.4 Å². The monoisotopic (exact) mass is 338 g/mol. The lowest BCUT2D eigenvalue weighted by Crippen LogP contribution is -2.24. The molecule has 0 aliphatic carbocycles. The first-order valence-electron chi connectivity index (χ1n) is 8.96. The molecule has 1 N–H and O–H groups in total. The SMILES string of the molecule is CCc1cc(C)cc(OCC(O)Cn2c(CC)nc3ccccc32)c1. The standard InChI is InChI=1S/C21H26N2O2/c1-4-16-10-15(3)11-18(12-16)25-14-17(24)13-23-20-9-7-6-8-19(20)22-21(23)5-2/h6-12,17,24H,4-5,13-14H2,1-3H3. The molecule has 0 fully saturated rings. The van der Waals surface area contributed by atoms with Gasteiger partial charge in [0.15, 0.2) is 0 Å². The van der Waals surface area contributed by atoms with Crippen LogP contribution in [0.1, 0.15) is 30.8 Å². The van der Waals surface area contributed by atoms with Gasteiger partial charge in [-0.2, -0.15) is 0 Å². The molecule has 3 aromatic rings. The lowest BCUT2D eigenvalue weighted by atomic mass is 10.1. The van der Waals surface area contributed by atoms with Crippen LogP contribution in [0.2, 0.25) is 0 Å². The van der Waals surface area contributed by atoms with Gasteiger partial charge in [-0.25, -0.2) is 4.98 Å². The molecule has 2 aromatic carbocycles. The highest BCUT2D eigenvalue weighted by Gasteiger charge is 2.14. The van der Waals surface area contributed by atoms with Crippen LogP contribution in [-0.4, -0.2) is 27.4 Å². The van der Waals surface area contributed by atoms with E-state index < -0.39 is 6.10 Å². The van der Waals surface area contributed by atoms with E-state index in [1.54, 1.807) is 0 Å². The third-order valence-electron chi connectivity index (χ3n) is 4.40. The minimum atomic E-state index is -0.589. The highest BCUT2D eigenvalue weighted by atomic mass is 16.5. The molecular formula is C21H26N2O2. The minimum Gasteiger partial charge on any atom is -0.491 e. The van der Waals surface area contributed by atoms with E-state index in [0.29, 0.717) is 6.54 Å². The van der Waals surface area contributed by atoms with E-state index in [-0.39, 0.29) is 6.61 Å². The summed E-state index contributed by atoms with van der Waals surface area (Å²) >= 11 is 0. The predicted octanol–water partition coefficient (Wildman–Crippen LogP) is 3.91. The number of imidazole rings is 1. The number of hydrogen-bond donors (Lipinski definition) is 1. The second kappa shape index (κ2) is 7.70. The van der Waals surface area contributed by atoms with E-state index in [1.807, 2.05) is 36.4 Å². The molecule has 1 unspecified atom stereocenters. The second-order valence-electron chi connectivity index (χ2n) is 6.45. The van der Waals surface area contributed by atoms with Crippen LogP contribution in [0, 0.1) is 6.92 Å². The summed E-state index contributed by atoms with van der Waals surface area (Å²) in [6, 6.07) is 14.3. The van der Waals surface area contributed by atoms with E-state index >= 15 is 0 Å². The van der Waals surface area contributed by atoms with Crippen molar-refractivity contribution in [1.82, 2.24) is 9.55 Å². The van der Waals surface area contributed by atoms with Crippen molar-refractivity contribution in [1.29, 1.82) is 0 Å². The number of aliphatic hydroxyl groups is 1. The fraction of sp³-hybridized carbons (Fsp3) is 0.381. The molecular weight excluding hydrogens is 312 g/mol. The molecule has 0 bridgehead atoms. The van der Waals surface area contributed by atoms with Crippen LogP contribution in [0.25, 0.3) is 11.0 Å². The number of rotatable bonds is 7. The number of benzene rings is 2. The Morgan fingerprint density at radius 2 is 1.92 bits per heavy atom. The van der Waals surface area contributed by atoms with Crippen LogP contribution < -0.4 is 4.74 Å². The van der Waals surface area contributed by atoms with Crippen LogP contribution in [0.4, 0.5) is 0 Å². The number of fused-ring (bicyclic) bond motifs is 1. The van der Waals surface area contributed by atoms with Gasteiger partial charge in [-0.3, -0.25) is 0 Å². The van der Waals surface area contributed by atoms with Crippen LogP contribution >= 0.6 is 0 Å². The molecule has 1 aromatic heterocycles. The Bertz CT molecular complexity index is 854. The van der Waals surface area contributed by atoms with Crippen LogP contribution in [0.15, 0.2) is 42.5 Å². The minimum absolute atomic E-state index is 0.266. The Balaban J connectivity index is 1.71. The summed E-state index contributed by atoms with van der Waals surface area (Å²) in [7, 11) is 0. The molecule has 3 rings (SSSR count). The van der Waals surface area contributed by atoms with Crippen LogP contribution in [0.5, 0.6) is 5.75 Å². The normalized spacial score (nSPS) is 12.5. The van der Waals surface area contributed by atoms with Crippen molar-refractivity contribution in [2.24, 2.45) is 0 Å². The van der Waals surface area contributed by atoms with Crippen molar-refractivity contribution in [2.45, 2.75) is 46.3 Å². The molecule has 0 spiro atoms. The van der Waals surface area contributed by atoms with Gasteiger partial charge in [-0.1, -0.05) is 32.0 Å². The van der Waals surface area contributed by atoms with Gasteiger partial charge in [0.05, 0.1) is 17.6 Å².